The summed E-state index contributed by atoms with van der Waals surface area (Å²) in [5.41, 5.74) is 1.13. The van der Waals surface area contributed by atoms with Crippen molar-refractivity contribution in [3.63, 3.8) is 0 Å². The van der Waals surface area contributed by atoms with Crippen LogP contribution in [0.4, 0.5) is 0 Å². The molecule has 0 aliphatic rings. The zero-order chi connectivity index (χ0) is 11.8. The molecule has 0 radical (unpaired) electrons. The Kier molecular flexibility index (Phi) is 6.42. The third-order valence-corrected chi connectivity index (χ3v) is 2.55. The van der Waals surface area contributed by atoms with Crippen LogP contribution < -0.4 is 5.32 Å². The molecule has 0 aromatic heterocycles. The Hall–Kier alpha value is -0.610. The third kappa shape index (κ3) is 4.49. The molecule has 3 nitrogen and oxygen atoms in total. The topological polar surface area (TPSA) is 30.5 Å². The number of ether oxygens (including phenoxy) is 2. The molecule has 0 heterocycles. The van der Waals surface area contributed by atoms with Crippen molar-refractivity contribution in [1.82, 2.24) is 5.32 Å². The number of benzene rings is 1. The lowest BCUT2D eigenvalue weighted by Gasteiger charge is -2.17. The molecule has 0 saturated heterocycles. The van der Waals surface area contributed by atoms with E-state index in [2.05, 4.69) is 5.32 Å². The van der Waals surface area contributed by atoms with E-state index in [4.69, 9.17) is 21.1 Å². The first kappa shape index (κ1) is 13.5. The predicted octanol–water partition coefficient (Wildman–Crippen LogP) is 2.26. The summed E-state index contributed by atoms with van der Waals surface area (Å²) in [7, 11) is 3.57. The molecule has 90 valence electrons. The van der Waals surface area contributed by atoms with Crippen molar-refractivity contribution < 1.29 is 9.47 Å². The average molecular weight is 244 g/mol. The summed E-state index contributed by atoms with van der Waals surface area (Å²) >= 11 is 5.94. The summed E-state index contributed by atoms with van der Waals surface area (Å²) in [4.78, 5) is 0. The number of hydrogen-bond donors (Lipinski definition) is 1. The minimum Gasteiger partial charge on any atom is -0.382 e. The summed E-state index contributed by atoms with van der Waals surface area (Å²) in [6.07, 6.45) is 0. The Balaban J connectivity index is 2.47. The van der Waals surface area contributed by atoms with Crippen molar-refractivity contribution in [2.75, 3.05) is 34.0 Å². The van der Waals surface area contributed by atoms with Crippen LogP contribution in [-0.2, 0) is 9.47 Å². The van der Waals surface area contributed by atoms with Gasteiger partial charge in [-0.25, -0.2) is 0 Å². The molecular formula is C12H18ClNO2. The van der Waals surface area contributed by atoms with Crippen LogP contribution >= 0.6 is 11.6 Å². The minimum absolute atomic E-state index is 0.163. The van der Waals surface area contributed by atoms with Crippen LogP contribution in [0.5, 0.6) is 0 Å². The molecule has 16 heavy (non-hydrogen) atoms. The maximum Gasteiger partial charge on any atom is 0.0701 e. The highest BCUT2D eigenvalue weighted by molar-refractivity contribution is 6.30. The molecule has 0 aliphatic heterocycles. The van der Waals surface area contributed by atoms with Crippen LogP contribution in [0.3, 0.4) is 0 Å². The number of rotatable bonds is 7. The first-order valence-electron chi connectivity index (χ1n) is 5.27. The molecule has 1 aromatic carbocycles. The van der Waals surface area contributed by atoms with Crippen LogP contribution in [0, 0.1) is 0 Å². The second-order valence-electron chi connectivity index (χ2n) is 3.46. The number of halogens is 1. The second-order valence-corrected chi connectivity index (χ2v) is 3.90. The molecule has 1 N–H and O–H groups in total. The lowest BCUT2D eigenvalue weighted by Crippen LogP contribution is -2.22. The molecule has 0 bridgehead atoms. The van der Waals surface area contributed by atoms with Gasteiger partial charge in [-0.2, -0.15) is 0 Å². The quantitative estimate of drug-likeness (QED) is 0.746. The first-order chi connectivity index (χ1) is 7.77. The van der Waals surface area contributed by atoms with Gasteiger partial charge >= 0.3 is 0 Å². The van der Waals surface area contributed by atoms with E-state index in [1.165, 1.54) is 0 Å². The third-order valence-electron chi connectivity index (χ3n) is 2.32. The van der Waals surface area contributed by atoms with Crippen LogP contribution in [-0.4, -0.2) is 34.0 Å². The van der Waals surface area contributed by atoms with E-state index in [0.717, 1.165) is 10.6 Å². The normalized spacial score (nSPS) is 12.7. The first-order valence-corrected chi connectivity index (χ1v) is 5.65. The molecule has 1 atom stereocenters. The number of methoxy groups -OCH3 is 1. The monoisotopic (exact) mass is 243 g/mol. The van der Waals surface area contributed by atoms with Crippen molar-refractivity contribution in [2.45, 2.75) is 6.04 Å². The smallest absolute Gasteiger partial charge is 0.0701 e. The minimum atomic E-state index is 0.163. The molecule has 4 heteroatoms. The molecular weight excluding hydrogens is 226 g/mol. The van der Waals surface area contributed by atoms with Gasteiger partial charge < -0.3 is 14.8 Å². The van der Waals surface area contributed by atoms with Gasteiger partial charge in [-0.1, -0.05) is 23.7 Å². The van der Waals surface area contributed by atoms with E-state index in [9.17, 15) is 0 Å². The molecule has 1 aromatic rings. The molecule has 0 fully saturated rings. The molecule has 0 saturated carbocycles. The molecule has 0 spiro atoms. The van der Waals surface area contributed by atoms with Crippen molar-refractivity contribution in [2.24, 2.45) is 0 Å². The zero-order valence-corrected chi connectivity index (χ0v) is 10.5. The Bertz CT molecular complexity index is 307. The fourth-order valence-electron chi connectivity index (χ4n) is 1.41. The fraction of sp³-hybridized carbons (Fsp3) is 0.500. The van der Waals surface area contributed by atoms with Gasteiger partial charge in [0.1, 0.15) is 0 Å². The summed E-state index contributed by atoms with van der Waals surface area (Å²) in [6.45, 7) is 1.83. The Labute approximate surface area is 102 Å². The van der Waals surface area contributed by atoms with Gasteiger partial charge in [0, 0.05) is 12.1 Å². The van der Waals surface area contributed by atoms with Gasteiger partial charge in [-0.05, 0) is 24.7 Å². The number of nitrogens with one attached hydrogen (secondary N) is 1. The van der Waals surface area contributed by atoms with Crippen LogP contribution in [0.1, 0.15) is 11.6 Å². The van der Waals surface area contributed by atoms with E-state index in [1.54, 1.807) is 7.11 Å². The van der Waals surface area contributed by atoms with Crippen LogP contribution in [0.15, 0.2) is 24.3 Å². The van der Waals surface area contributed by atoms with E-state index >= 15 is 0 Å². The van der Waals surface area contributed by atoms with Gasteiger partial charge in [-0.15, -0.1) is 0 Å². The lowest BCUT2D eigenvalue weighted by molar-refractivity contribution is 0.0596. The number of likely N-dealkylation sites (N-methyl/N-ethyl adjacent to an activating group) is 1. The lowest BCUT2D eigenvalue weighted by atomic mass is 10.1. The fourth-order valence-corrected chi connectivity index (χ4v) is 1.61. The Morgan fingerprint density at radius 1 is 1.38 bits per heavy atom. The Morgan fingerprint density at radius 3 is 2.81 bits per heavy atom. The van der Waals surface area contributed by atoms with Crippen molar-refractivity contribution in [3.8, 4) is 0 Å². The van der Waals surface area contributed by atoms with Gasteiger partial charge in [0.15, 0.2) is 0 Å². The van der Waals surface area contributed by atoms with E-state index in [-0.39, 0.29) is 6.04 Å². The standard InChI is InChI=1S/C12H18ClNO2/c1-14-12(9-16-7-6-15-2)10-4-3-5-11(13)8-10/h3-5,8,12,14H,6-7,9H2,1-2H3. The summed E-state index contributed by atoms with van der Waals surface area (Å²) in [5, 5.41) is 3.94. The average Bonchev–Trinajstić information content (AvgIpc) is 2.29. The number of hydrogen-bond acceptors (Lipinski definition) is 3. The van der Waals surface area contributed by atoms with Crippen LogP contribution in [0.25, 0.3) is 0 Å². The highest BCUT2D eigenvalue weighted by Crippen LogP contribution is 2.17. The van der Waals surface area contributed by atoms with E-state index < -0.39 is 0 Å². The van der Waals surface area contributed by atoms with Crippen LogP contribution in [0.2, 0.25) is 5.02 Å². The maximum absolute atomic E-state index is 5.94. The molecule has 1 rings (SSSR count). The second kappa shape index (κ2) is 7.63. The summed E-state index contributed by atoms with van der Waals surface area (Å²) < 4.78 is 10.4. The highest BCUT2D eigenvalue weighted by atomic mass is 35.5. The van der Waals surface area contributed by atoms with E-state index in [1.807, 2.05) is 31.3 Å². The largest absolute Gasteiger partial charge is 0.382 e. The van der Waals surface area contributed by atoms with Gasteiger partial charge in [0.05, 0.1) is 25.9 Å². The van der Waals surface area contributed by atoms with Crippen molar-refractivity contribution in [3.05, 3.63) is 34.9 Å². The van der Waals surface area contributed by atoms with Crippen molar-refractivity contribution >= 4 is 11.6 Å². The zero-order valence-electron chi connectivity index (χ0n) is 9.70. The van der Waals surface area contributed by atoms with Gasteiger partial charge in [-0.3, -0.25) is 0 Å². The SMILES string of the molecule is CNC(COCCOC)c1cccc(Cl)c1. The summed E-state index contributed by atoms with van der Waals surface area (Å²) in [6, 6.07) is 7.95. The van der Waals surface area contributed by atoms with Crippen molar-refractivity contribution in [1.29, 1.82) is 0 Å². The predicted molar refractivity (Wildman–Crippen MR) is 65.9 cm³/mol. The molecule has 0 aliphatic carbocycles. The maximum atomic E-state index is 5.94. The molecule has 1 unspecified atom stereocenters. The highest BCUT2D eigenvalue weighted by Gasteiger charge is 2.09. The Morgan fingerprint density at radius 2 is 2.19 bits per heavy atom. The molecule has 0 amide bonds. The van der Waals surface area contributed by atoms with Gasteiger partial charge in [0.25, 0.3) is 0 Å². The van der Waals surface area contributed by atoms with E-state index in [0.29, 0.717) is 19.8 Å². The van der Waals surface area contributed by atoms with Gasteiger partial charge in [0.2, 0.25) is 0 Å². The summed E-state index contributed by atoms with van der Waals surface area (Å²) in [5.74, 6) is 0.